The molecule has 1 rings (SSSR count). The van der Waals surface area contributed by atoms with Crippen molar-refractivity contribution in [2.24, 2.45) is 0 Å². The molecular weight excluding hydrogens is 198 g/mol. The highest BCUT2D eigenvalue weighted by Gasteiger charge is 2.06. The zero-order chi connectivity index (χ0) is 10.6. The van der Waals surface area contributed by atoms with Crippen LogP contribution in [0.25, 0.3) is 0 Å². The predicted molar refractivity (Wildman–Crippen MR) is 56.4 cm³/mol. The molecule has 0 bridgehead atoms. The Morgan fingerprint density at radius 3 is 3.07 bits per heavy atom. The van der Waals surface area contributed by atoms with E-state index in [0.29, 0.717) is 12.1 Å². The molecule has 0 spiro atoms. The van der Waals surface area contributed by atoms with E-state index in [9.17, 15) is 4.79 Å². The van der Waals surface area contributed by atoms with Crippen molar-refractivity contribution in [3.63, 3.8) is 0 Å². The van der Waals surface area contributed by atoms with Crippen molar-refractivity contribution in [3.8, 4) is 12.3 Å². The Hall–Kier alpha value is -1.31. The van der Waals surface area contributed by atoms with Gasteiger partial charge in [-0.25, -0.2) is 4.79 Å². The van der Waals surface area contributed by atoms with Crippen LogP contribution < -0.4 is 5.32 Å². The summed E-state index contributed by atoms with van der Waals surface area (Å²) in [4.78, 5) is 11.5. The van der Waals surface area contributed by atoms with Crippen LogP contribution >= 0.6 is 11.3 Å². The fourth-order valence-corrected chi connectivity index (χ4v) is 1.71. The van der Waals surface area contributed by atoms with Gasteiger partial charge >= 0.3 is 5.97 Å². The quantitative estimate of drug-likeness (QED) is 0.740. The van der Waals surface area contributed by atoms with E-state index in [4.69, 9.17) is 11.5 Å². The third kappa shape index (κ3) is 2.87. The van der Waals surface area contributed by atoms with Gasteiger partial charge in [-0.2, -0.15) is 0 Å². The van der Waals surface area contributed by atoms with Crippen molar-refractivity contribution in [1.29, 1.82) is 0 Å². The highest BCUT2D eigenvalue weighted by Crippen LogP contribution is 2.14. The molecular formula is C10H11NO2S. The van der Waals surface area contributed by atoms with Crippen molar-refractivity contribution >= 4 is 17.3 Å². The van der Waals surface area contributed by atoms with Crippen LogP contribution in [0.5, 0.6) is 0 Å². The van der Waals surface area contributed by atoms with E-state index in [-0.39, 0.29) is 6.04 Å². The molecule has 1 atom stereocenters. The lowest BCUT2D eigenvalue weighted by Crippen LogP contribution is -2.22. The largest absolute Gasteiger partial charge is 0.478 e. The minimum absolute atomic E-state index is 0.00498. The van der Waals surface area contributed by atoms with Gasteiger partial charge in [0.25, 0.3) is 0 Å². The summed E-state index contributed by atoms with van der Waals surface area (Å²) in [6.07, 6.45) is 5.19. The minimum atomic E-state index is -0.891. The molecule has 0 aliphatic rings. The van der Waals surface area contributed by atoms with Crippen LogP contribution in [0.2, 0.25) is 0 Å². The van der Waals surface area contributed by atoms with Gasteiger partial charge in [0.05, 0.1) is 11.6 Å². The van der Waals surface area contributed by atoms with Crippen LogP contribution in [0, 0.1) is 12.3 Å². The van der Waals surface area contributed by atoms with Gasteiger partial charge in [-0.1, -0.05) is 5.92 Å². The second kappa shape index (κ2) is 4.80. The maximum absolute atomic E-state index is 10.6. The molecule has 0 fully saturated rings. The van der Waals surface area contributed by atoms with Crippen LogP contribution in [-0.4, -0.2) is 17.1 Å². The van der Waals surface area contributed by atoms with Crippen LogP contribution in [0.4, 0.5) is 0 Å². The first-order valence-electron chi connectivity index (χ1n) is 4.13. The monoisotopic (exact) mass is 209 g/mol. The molecule has 0 aliphatic heterocycles. The molecule has 1 aromatic heterocycles. The van der Waals surface area contributed by atoms with Crippen molar-refractivity contribution in [1.82, 2.24) is 5.32 Å². The molecule has 4 heteroatoms. The Balaban J connectivity index is 2.53. The first-order chi connectivity index (χ1) is 6.63. The maximum atomic E-state index is 10.6. The number of hydrogen-bond donors (Lipinski definition) is 2. The SMILES string of the molecule is C#CC(C)NCc1cc(C(=O)O)cs1. The first kappa shape index (κ1) is 10.8. The summed E-state index contributed by atoms with van der Waals surface area (Å²) in [7, 11) is 0. The van der Waals surface area contributed by atoms with E-state index >= 15 is 0 Å². The molecule has 0 radical (unpaired) electrons. The third-order valence-electron chi connectivity index (χ3n) is 1.73. The topological polar surface area (TPSA) is 49.3 Å². The lowest BCUT2D eigenvalue weighted by atomic mass is 10.3. The molecule has 0 saturated carbocycles. The van der Waals surface area contributed by atoms with Crippen LogP contribution in [0.1, 0.15) is 22.2 Å². The standard InChI is InChI=1S/C10H11NO2S/c1-3-7(2)11-5-9-4-8(6-14-9)10(12)13/h1,4,6-7,11H,5H2,2H3,(H,12,13). The highest BCUT2D eigenvalue weighted by molar-refractivity contribution is 7.10. The number of aromatic carboxylic acids is 1. The number of carboxylic acids is 1. The summed E-state index contributed by atoms with van der Waals surface area (Å²) in [6.45, 7) is 2.50. The summed E-state index contributed by atoms with van der Waals surface area (Å²) in [6, 6.07) is 1.66. The number of rotatable bonds is 4. The van der Waals surface area contributed by atoms with Gasteiger partial charge in [0.2, 0.25) is 0 Å². The molecule has 0 aliphatic carbocycles. The average Bonchev–Trinajstić information content (AvgIpc) is 2.62. The van der Waals surface area contributed by atoms with Crippen molar-refractivity contribution in [2.45, 2.75) is 19.5 Å². The second-order valence-electron chi connectivity index (χ2n) is 2.88. The van der Waals surface area contributed by atoms with Gasteiger partial charge in [0.1, 0.15) is 0 Å². The van der Waals surface area contributed by atoms with Gasteiger partial charge in [-0.15, -0.1) is 17.8 Å². The van der Waals surface area contributed by atoms with E-state index < -0.39 is 5.97 Å². The normalized spacial score (nSPS) is 12.0. The van der Waals surface area contributed by atoms with E-state index in [0.717, 1.165) is 4.88 Å². The summed E-state index contributed by atoms with van der Waals surface area (Å²) < 4.78 is 0. The zero-order valence-corrected chi connectivity index (χ0v) is 8.60. The van der Waals surface area contributed by atoms with E-state index in [1.807, 2.05) is 6.92 Å². The fraction of sp³-hybridized carbons (Fsp3) is 0.300. The van der Waals surface area contributed by atoms with Gasteiger partial charge in [0.15, 0.2) is 0 Å². The number of terminal acetylenes is 1. The Kier molecular flexibility index (Phi) is 3.69. The van der Waals surface area contributed by atoms with Gasteiger partial charge < -0.3 is 5.11 Å². The molecule has 2 N–H and O–H groups in total. The molecule has 0 amide bonds. The average molecular weight is 209 g/mol. The zero-order valence-electron chi connectivity index (χ0n) is 7.78. The van der Waals surface area contributed by atoms with Crippen LogP contribution in [-0.2, 0) is 6.54 Å². The fourth-order valence-electron chi connectivity index (χ4n) is 0.898. The summed E-state index contributed by atoms with van der Waals surface area (Å²) >= 11 is 1.42. The Labute approximate surface area is 86.8 Å². The predicted octanol–water partition coefficient (Wildman–Crippen LogP) is 1.56. The van der Waals surface area contributed by atoms with E-state index in [1.165, 1.54) is 11.3 Å². The van der Waals surface area contributed by atoms with Crippen molar-refractivity contribution in [2.75, 3.05) is 0 Å². The van der Waals surface area contributed by atoms with Gasteiger partial charge in [-0.3, -0.25) is 5.32 Å². The van der Waals surface area contributed by atoms with Crippen LogP contribution in [0.3, 0.4) is 0 Å². The number of hydrogen-bond acceptors (Lipinski definition) is 3. The van der Waals surface area contributed by atoms with Gasteiger partial charge in [0, 0.05) is 16.8 Å². The number of carbonyl (C=O) groups is 1. The first-order valence-corrected chi connectivity index (χ1v) is 5.01. The van der Waals surface area contributed by atoms with Crippen LogP contribution in [0.15, 0.2) is 11.4 Å². The van der Waals surface area contributed by atoms with E-state index in [1.54, 1.807) is 11.4 Å². The maximum Gasteiger partial charge on any atom is 0.336 e. The van der Waals surface area contributed by atoms with E-state index in [2.05, 4.69) is 11.2 Å². The highest BCUT2D eigenvalue weighted by atomic mass is 32.1. The second-order valence-corrected chi connectivity index (χ2v) is 3.87. The molecule has 14 heavy (non-hydrogen) atoms. The Morgan fingerprint density at radius 2 is 2.57 bits per heavy atom. The smallest absolute Gasteiger partial charge is 0.336 e. The van der Waals surface area contributed by atoms with Crippen molar-refractivity contribution in [3.05, 3.63) is 21.9 Å². The molecule has 1 aromatic rings. The lowest BCUT2D eigenvalue weighted by molar-refractivity contribution is 0.0697. The molecule has 0 aromatic carbocycles. The van der Waals surface area contributed by atoms with Gasteiger partial charge in [-0.05, 0) is 13.0 Å². The molecule has 1 heterocycles. The third-order valence-corrected chi connectivity index (χ3v) is 2.67. The molecule has 3 nitrogen and oxygen atoms in total. The minimum Gasteiger partial charge on any atom is -0.478 e. The Morgan fingerprint density at radius 1 is 1.86 bits per heavy atom. The molecule has 1 unspecified atom stereocenters. The summed E-state index contributed by atoms with van der Waals surface area (Å²) in [5.74, 6) is 1.65. The number of nitrogens with one attached hydrogen (secondary N) is 1. The lowest BCUT2D eigenvalue weighted by Gasteiger charge is -2.04. The Bertz CT molecular complexity index is 364. The van der Waals surface area contributed by atoms with Crippen molar-refractivity contribution < 1.29 is 9.90 Å². The number of thiophene rings is 1. The molecule has 0 saturated heterocycles. The molecule has 74 valence electrons. The summed E-state index contributed by atoms with van der Waals surface area (Å²) in [5.41, 5.74) is 0.333. The summed E-state index contributed by atoms with van der Waals surface area (Å²) in [5, 5.41) is 13.4. The number of carboxylic acid groups (broad SMARTS) is 1.